The second-order valence-corrected chi connectivity index (χ2v) is 6.02. The quantitative estimate of drug-likeness (QED) is 0.888. The first-order valence-corrected chi connectivity index (χ1v) is 7.30. The first kappa shape index (κ1) is 15.3. The van der Waals surface area contributed by atoms with Crippen molar-refractivity contribution >= 4 is 0 Å². The average Bonchev–Trinajstić information content (AvgIpc) is 2.87. The molecule has 0 amide bonds. The Balaban J connectivity index is 2.02. The lowest BCUT2D eigenvalue weighted by Gasteiger charge is -2.24. The molecule has 4 heteroatoms. The van der Waals surface area contributed by atoms with Gasteiger partial charge in [0.05, 0.1) is 7.11 Å². The molecule has 4 nitrogen and oxygen atoms in total. The van der Waals surface area contributed by atoms with E-state index in [0.29, 0.717) is 6.04 Å². The molecule has 0 aliphatic carbocycles. The predicted octanol–water partition coefficient (Wildman–Crippen LogP) is 1.64. The smallest absolute Gasteiger partial charge is 0.123 e. The molecule has 1 aromatic carbocycles. The zero-order valence-electron chi connectivity index (χ0n) is 13.1. The Kier molecular flexibility index (Phi) is 5.02. The van der Waals surface area contributed by atoms with Crippen molar-refractivity contribution in [3.05, 3.63) is 29.3 Å². The summed E-state index contributed by atoms with van der Waals surface area (Å²) in [6.07, 6.45) is 1.23. The summed E-state index contributed by atoms with van der Waals surface area (Å²) in [5.74, 6) is 0.895. The second kappa shape index (κ2) is 6.57. The SMILES string of the molecule is COc1ccc(C)cc1C(N)CN1CCC(N(C)C)C1. The molecule has 112 valence electrons. The minimum absolute atomic E-state index is 0.00534. The molecule has 1 aliphatic heterocycles. The zero-order valence-corrected chi connectivity index (χ0v) is 13.1. The molecule has 0 saturated carbocycles. The Morgan fingerprint density at radius 3 is 2.80 bits per heavy atom. The summed E-state index contributed by atoms with van der Waals surface area (Å²) >= 11 is 0. The van der Waals surface area contributed by atoms with Gasteiger partial charge >= 0.3 is 0 Å². The van der Waals surface area contributed by atoms with Gasteiger partial charge in [0.15, 0.2) is 0 Å². The number of nitrogens with two attached hydrogens (primary N) is 1. The van der Waals surface area contributed by atoms with Gasteiger partial charge in [-0.15, -0.1) is 0 Å². The number of likely N-dealkylation sites (tertiary alicyclic amines) is 1. The Morgan fingerprint density at radius 1 is 1.45 bits per heavy atom. The standard InChI is InChI=1S/C16H27N3O/c1-12-5-6-16(20-4)14(9-12)15(17)11-19-8-7-13(10-19)18(2)3/h5-6,9,13,15H,7-8,10-11,17H2,1-4H3. The number of methoxy groups -OCH3 is 1. The summed E-state index contributed by atoms with van der Waals surface area (Å²) in [6.45, 7) is 5.22. The van der Waals surface area contributed by atoms with Crippen molar-refractivity contribution in [2.45, 2.75) is 25.4 Å². The van der Waals surface area contributed by atoms with Crippen LogP contribution in [0.15, 0.2) is 18.2 Å². The molecule has 1 heterocycles. The number of hydrogen-bond acceptors (Lipinski definition) is 4. The molecule has 0 radical (unpaired) electrons. The number of rotatable bonds is 5. The van der Waals surface area contributed by atoms with Gasteiger partial charge in [-0.05, 0) is 40.1 Å². The van der Waals surface area contributed by atoms with Crippen LogP contribution in [0.4, 0.5) is 0 Å². The van der Waals surface area contributed by atoms with Crippen molar-refractivity contribution in [2.75, 3.05) is 40.8 Å². The van der Waals surface area contributed by atoms with E-state index >= 15 is 0 Å². The molecule has 2 rings (SSSR count). The van der Waals surface area contributed by atoms with Crippen LogP contribution in [0.3, 0.4) is 0 Å². The van der Waals surface area contributed by atoms with Crippen LogP contribution in [0, 0.1) is 6.92 Å². The lowest BCUT2D eigenvalue weighted by Crippen LogP contribution is -2.35. The third kappa shape index (κ3) is 3.51. The monoisotopic (exact) mass is 277 g/mol. The van der Waals surface area contributed by atoms with Crippen molar-refractivity contribution < 1.29 is 4.74 Å². The second-order valence-electron chi connectivity index (χ2n) is 6.02. The van der Waals surface area contributed by atoms with Gasteiger partial charge in [0.2, 0.25) is 0 Å². The van der Waals surface area contributed by atoms with E-state index in [0.717, 1.165) is 30.9 Å². The molecule has 0 aromatic heterocycles. The fourth-order valence-corrected chi connectivity index (χ4v) is 2.92. The summed E-state index contributed by atoms with van der Waals surface area (Å²) in [7, 11) is 6.01. The first-order chi connectivity index (χ1) is 9.51. The lowest BCUT2D eigenvalue weighted by molar-refractivity contribution is 0.259. The number of aryl methyl sites for hydroxylation is 1. The summed E-state index contributed by atoms with van der Waals surface area (Å²) in [5, 5.41) is 0. The van der Waals surface area contributed by atoms with Gasteiger partial charge in [0.25, 0.3) is 0 Å². The molecule has 2 N–H and O–H groups in total. The van der Waals surface area contributed by atoms with E-state index in [1.165, 1.54) is 12.0 Å². The Hall–Kier alpha value is -1.10. The Bertz CT molecular complexity index is 447. The fourth-order valence-electron chi connectivity index (χ4n) is 2.92. The van der Waals surface area contributed by atoms with E-state index in [1.54, 1.807) is 7.11 Å². The van der Waals surface area contributed by atoms with Crippen molar-refractivity contribution in [1.29, 1.82) is 0 Å². The minimum atomic E-state index is 0.00534. The molecule has 2 atom stereocenters. The maximum absolute atomic E-state index is 6.41. The van der Waals surface area contributed by atoms with Gasteiger partial charge in [-0.1, -0.05) is 17.7 Å². The van der Waals surface area contributed by atoms with Crippen LogP contribution in [0.1, 0.15) is 23.6 Å². The van der Waals surface area contributed by atoms with Crippen molar-refractivity contribution in [3.8, 4) is 5.75 Å². The van der Waals surface area contributed by atoms with Gasteiger partial charge in [-0.25, -0.2) is 0 Å². The highest BCUT2D eigenvalue weighted by Gasteiger charge is 2.26. The normalized spacial score (nSPS) is 21.4. The number of likely N-dealkylation sites (N-methyl/N-ethyl adjacent to an activating group) is 1. The van der Waals surface area contributed by atoms with E-state index < -0.39 is 0 Å². The first-order valence-electron chi connectivity index (χ1n) is 7.30. The highest BCUT2D eigenvalue weighted by Crippen LogP contribution is 2.26. The van der Waals surface area contributed by atoms with Crippen LogP contribution in [-0.2, 0) is 0 Å². The lowest BCUT2D eigenvalue weighted by atomic mass is 10.0. The van der Waals surface area contributed by atoms with Crippen molar-refractivity contribution in [2.24, 2.45) is 5.73 Å². The van der Waals surface area contributed by atoms with Gasteiger partial charge in [0, 0.05) is 30.7 Å². The molecule has 0 spiro atoms. The zero-order chi connectivity index (χ0) is 14.7. The molecular formula is C16H27N3O. The van der Waals surface area contributed by atoms with Crippen molar-refractivity contribution in [3.63, 3.8) is 0 Å². The van der Waals surface area contributed by atoms with Crippen LogP contribution in [0.2, 0.25) is 0 Å². The van der Waals surface area contributed by atoms with E-state index in [2.05, 4.69) is 43.0 Å². The molecule has 1 aromatic rings. The van der Waals surface area contributed by atoms with E-state index in [4.69, 9.17) is 10.5 Å². The maximum Gasteiger partial charge on any atom is 0.123 e. The van der Waals surface area contributed by atoms with Gasteiger partial charge < -0.3 is 15.4 Å². The Morgan fingerprint density at radius 2 is 2.20 bits per heavy atom. The maximum atomic E-state index is 6.41. The number of benzene rings is 1. The fraction of sp³-hybridized carbons (Fsp3) is 0.625. The summed E-state index contributed by atoms with van der Waals surface area (Å²) in [6, 6.07) is 6.87. The van der Waals surface area contributed by atoms with E-state index in [9.17, 15) is 0 Å². The van der Waals surface area contributed by atoms with Gasteiger partial charge in [-0.3, -0.25) is 4.90 Å². The third-order valence-corrected chi connectivity index (χ3v) is 4.22. The molecule has 0 bridgehead atoms. The van der Waals surface area contributed by atoms with Crippen LogP contribution in [0.5, 0.6) is 5.75 Å². The van der Waals surface area contributed by atoms with E-state index in [-0.39, 0.29) is 6.04 Å². The topological polar surface area (TPSA) is 41.7 Å². The van der Waals surface area contributed by atoms with Crippen LogP contribution in [-0.4, -0.2) is 56.7 Å². The summed E-state index contributed by atoms with van der Waals surface area (Å²) < 4.78 is 5.44. The summed E-state index contributed by atoms with van der Waals surface area (Å²) in [5.41, 5.74) is 8.74. The number of nitrogens with zero attached hydrogens (tertiary/aromatic N) is 2. The van der Waals surface area contributed by atoms with Crippen LogP contribution < -0.4 is 10.5 Å². The van der Waals surface area contributed by atoms with Crippen molar-refractivity contribution in [1.82, 2.24) is 9.80 Å². The largest absolute Gasteiger partial charge is 0.496 e. The van der Waals surface area contributed by atoms with Gasteiger partial charge in [-0.2, -0.15) is 0 Å². The summed E-state index contributed by atoms with van der Waals surface area (Å²) in [4.78, 5) is 4.76. The predicted molar refractivity (Wildman–Crippen MR) is 83.2 cm³/mol. The highest BCUT2D eigenvalue weighted by molar-refractivity contribution is 5.39. The highest BCUT2D eigenvalue weighted by atomic mass is 16.5. The average molecular weight is 277 g/mol. The van der Waals surface area contributed by atoms with Gasteiger partial charge in [0.1, 0.15) is 5.75 Å². The van der Waals surface area contributed by atoms with E-state index in [1.807, 2.05) is 6.07 Å². The van der Waals surface area contributed by atoms with Crippen LogP contribution >= 0.6 is 0 Å². The van der Waals surface area contributed by atoms with Crippen LogP contribution in [0.25, 0.3) is 0 Å². The third-order valence-electron chi connectivity index (χ3n) is 4.22. The molecule has 20 heavy (non-hydrogen) atoms. The molecule has 2 unspecified atom stereocenters. The molecule has 1 saturated heterocycles. The molecular weight excluding hydrogens is 250 g/mol. The Labute approximate surface area is 122 Å². The number of ether oxygens (including phenoxy) is 1. The molecule has 1 aliphatic rings. The molecule has 1 fully saturated rings. The number of hydrogen-bond donors (Lipinski definition) is 1. The minimum Gasteiger partial charge on any atom is -0.496 e.